The third-order valence-corrected chi connectivity index (χ3v) is 4.91. The fourth-order valence-electron chi connectivity index (χ4n) is 1.54. The minimum Gasteiger partial charge on any atom is -0.380 e. The second-order valence-electron chi connectivity index (χ2n) is 4.05. The minimum absolute atomic E-state index is 0.160. The van der Waals surface area contributed by atoms with Crippen LogP contribution in [-0.2, 0) is 14.8 Å². The van der Waals surface area contributed by atoms with E-state index in [1.165, 1.54) is 11.4 Å². The van der Waals surface area contributed by atoms with E-state index < -0.39 is 10.0 Å². The van der Waals surface area contributed by atoms with Gasteiger partial charge in [-0.05, 0) is 35.8 Å². The molecule has 8 heteroatoms. The Hall–Kier alpha value is -0.700. The smallest absolute Gasteiger partial charge is 0.246 e. The van der Waals surface area contributed by atoms with Gasteiger partial charge in [-0.15, -0.1) is 0 Å². The average molecular weight is 366 g/mol. The lowest BCUT2D eigenvalue weighted by Gasteiger charge is -2.19. The van der Waals surface area contributed by atoms with Crippen LogP contribution in [0.3, 0.4) is 0 Å². The number of halogens is 1. The molecule has 0 aliphatic carbocycles. The van der Waals surface area contributed by atoms with Crippen LogP contribution >= 0.6 is 15.9 Å². The zero-order valence-electron chi connectivity index (χ0n) is 11.9. The Morgan fingerprint density at radius 1 is 1.45 bits per heavy atom. The number of rotatable bonds is 8. The van der Waals surface area contributed by atoms with Gasteiger partial charge in [0.25, 0.3) is 0 Å². The Labute approximate surface area is 128 Å². The van der Waals surface area contributed by atoms with Gasteiger partial charge in [-0.25, -0.2) is 13.4 Å². The second kappa shape index (κ2) is 7.92. The van der Waals surface area contributed by atoms with E-state index in [0.717, 1.165) is 0 Å². The first-order chi connectivity index (χ1) is 9.43. The van der Waals surface area contributed by atoms with Crippen LogP contribution in [-0.4, -0.2) is 51.1 Å². The van der Waals surface area contributed by atoms with Crippen molar-refractivity contribution in [1.29, 1.82) is 0 Å². The van der Waals surface area contributed by atoms with Gasteiger partial charge in [-0.1, -0.05) is 0 Å². The summed E-state index contributed by atoms with van der Waals surface area (Å²) in [6.07, 6.45) is 1.57. The highest BCUT2D eigenvalue weighted by molar-refractivity contribution is 9.10. The van der Waals surface area contributed by atoms with E-state index in [4.69, 9.17) is 4.74 Å². The molecule has 1 rings (SSSR count). The van der Waals surface area contributed by atoms with Gasteiger partial charge in [-0.2, -0.15) is 4.31 Å². The highest BCUT2D eigenvalue weighted by atomic mass is 79.9. The average Bonchev–Trinajstić information content (AvgIpc) is 2.41. The van der Waals surface area contributed by atoms with Crippen molar-refractivity contribution in [1.82, 2.24) is 9.29 Å². The SMILES string of the molecule is CCNc1ncc(Br)cc1S(=O)(=O)N(C)CCOCC. The predicted octanol–water partition coefficient (Wildman–Crippen LogP) is 1.93. The summed E-state index contributed by atoms with van der Waals surface area (Å²) < 4.78 is 32.2. The van der Waals surface area contributed by atoms with Gasteiger partial charge in [0.1, 0.15) is 10.7 Å². The van der Waals surface area contributed by atoms with E-state index in [1.807, 2.05) is 13.8 Å². The van der Waals surface area contributed by atoms with E-state index in [2.05, 4.69) is 26.2 Å². The largest absolute Gasteiger partial charge is 0.380 e. The molecule has 0 aliphatic rings. The number of likely N-dealkylation sites (N-methyl/N-ethyl adjacent to an activating group) is 1. The maximum atomic E-state index is 12.5. The standard InChI is InChI=1S/C12H20BrN3O3S/c1-4-14-12-11(8-10(13)9-15-12)20(17,18)16(3)6-7-19-5-2/h8-9H,4-7H2,1-3H3,(H,14,15). The maximum Gasteiger partial charge on any atom is 0.246 e. The second-order valence-corrected chi connectivity index (χ2v) is 6.98. The molecule has 0 atom stereocenters. The van der Waals surface area contributed by atoms with Gasteiger partial charge in [0.05, 0.1) is 6.61 Å². The monoisotopic (exact) mass is 365 g/mol. The number of hydrogen-bond donors (Lipinski definition) is 1. The lowest BCUT2D eigenvalue weighted by atomic mass is 10.4. The Morgan fingerprint density at radius 2 is 2.15 bits per heavy atom. The molecule has 20 heavy (non-hydrogen) atoms. The molecule has 0 aliphatic heterocycles. The molecule has 114 valence electrons. The van der Waals surface area contributed by atoms with Crippen LogP contribution in [0.15, 0.2) is 21.6 Å². The summed E-state index contributed by atoms with van der Waals surface area (Å²) in [5.41, 5.74) is 0. The highest BCUT2D eigenvalue weighted by Gasteiger charge is 2.25. The number of pyridine rings is 1. The minimum atomic E-state index is -3.60. The van der Waals surface area contributed by atoms with Crippen molar-refractivity contribution in [3.63, 3.8) is 0 Å². The van der Waals surface area contributed by atoms with Crippen LogP contribution in [0.2, 0.25) is 0 Å². The molecule has 1 N–H and O–H groups in total. The Balaban J connectivity index is 3.04. The van der Waals surface area contributed by atoms with Gasteiger partial charge < -0.3 is 10.1 Å². The van der Waals surface area contributed by atoms with Crippen molar-refractivity contribution in [2.75, 3.05) is 38.7 Å². The number of hydrogen-bond acceptors (Lipinski definition) is 5. The number of anilines is 1. The molecule has 1 heterocycles. The summed E-state index contributed by atoms with van der Waals surface area (Å²) in [5.74, 6) is 0.360. The number of nitrogens with one attached hydrogen (secondary N) is 1. The van der Waals surface area contributed by atoms with E-state index in [0.29, 0.717) is 36.6 Å². The summed E-state index contributed by atoms with van der Waals surface area (Å²) in [6, 6.07) is 1.55. The number of nitrogens with zero attached hydrogens (tertiary/aromatic N) is 2. The normalized spacial score (nSPS) is 11.8. The molecule has 0 unspecified atom stereocenters. The van der Waals surface area contributed by atoms with Crippen LogP contribution in [0, 0.1) is 0 Å². The van der Waals surface area contributed by atoms with E-state index in [1.54, 1.807) is 12.3 Å². The molecule has 0 bridgehead atoms. The van der Waals surface area contributed by atoms with Crippen molar-refractivity contribution in [3.05, 3.63) is 16.7 Å². The lowest BCUT2D eigenvalue weighted by Crippen LogP contribution is -2.31. The zero-order valence-corrected chi connectivity index (χ0v) is 14.3. The zero-order chi connectivity index (χ0) is 15.2. The maximum absolute atomic E-state index is 12.5. The molecule has 0 saturated carbocycles. The fraction of sp³-hybridized carbons (Fsp3) is 0.583. The van der Waals surface area contributed by atoms with Gasteiger partial charge in [0.15, 0.2) is 0 Å². The van der Waals surface area contributed by atoms with Crippen LogP contribution in [0.4, 0.5) is 5.82 Å². The van der Waals surface area contributed by atoms with Crippen LogP contribution in [0.5, 0.6) is 0 Å². The molecule has 6 nitrogen and oxygen atoms in total. The molecule has 1 aromatic rings. The molecule has 0 amide bonds. The van der Waals surface area contributed by atoms with E-state index in [9.17, 15) is 8.42 Å². The molecule has 0 saturated heterocycles. The molecule has 0 fully saturated rings. The molecule has 0 spiro atoms. The van der Waals surface area contributed by atoms with Gasteiger partial charge in [0.2, 0.25) is 10.0 Å². The van der Waals surface area contributed by atoms with Crippen molar-refractivity contribution in [2.24, 2.45) is 0 Å². The third kappa shape index (κ3) is 4.41. The van der Waals surface area contributed by atoms with Crippen LogP contribution < -0.4 is 5.32 Å². The number of sulfonamides is 1. The van der Waals surface area contributed by atoms with Gasteiger partial charge in [-0.3, -0.25) is 0 Å². The molecule has 1 aromatic heterocycles. The van der Waals surface area contributed by atoms with Crippen LogP contribution in [0.1, 0.15) is 13.8 Å². The first kappa shape index (κ1) is 17.4. The fourth-order valence-corrected chi connectivity index (χ4v) is 3.32. The van der Waals surface area contributed by atoms with Crippen molar-refractivity contribution in [2.45, 2.75) is 18.7 Å². The quantitative estimate of drug-likeness (QED) is 0.712. The summed E-state index contributed by atoms with van der Waals surface area (Å²) in [5, 5.41) is 2.96. The molecular weight excluding hydrogens is 346 g/mol. The highest BCUT2D eigenvalue weighted by Crippen LogP contribution is 2.25. The van der Waals surface area contributed by atoms with E-state index >= 15 is 0 Å². The Bertz CT molecular complexity index is 537. The van der Waals surface area contributed by atoms with Crippen molar-refractivity contribution < 1.29 is 13.2 Å². The first-order valence-corrected chi connectivity index (χ1v) is 8.60. The van der Waals surface area contributed by atoms with E-state index in [-0.39, 0.29) is 4.90 Å². The Kier molecular flexibility index (Phi) is 6.87. The van der Waals surface area contributed by atoms with Crippen molar-refractivity contribution in [3.8, 4) is 0 Å². The Morgan fingerprint density at radius 3 is 2.75 bits per heavy atom. The first-order valence-electron chi connectivity index (χ1n) is 6.37. The van der Waals surface area contributed by atoms with Crippen LogP contribution in [0.25, 0.3) is 0 Å². The van der Waals surface area contributed by atoms with Crippen molar-refractivity contribution >= 4 is 31.8 Å². The number of aromatic nitrogens is 1. The molecule has 0 aromatic carbocycles. The summed E-state index contributed by atoms with van der Waals surface area (Å²) in [6.45, 7) is 5.59. The third-order valence-electron chi connectivity index (χ3n) is 2.61. The summed E-state index contributed by atoms with van der Waals surface area (Å²) in [4.78, 5) is 4.28. The van der Waals surface area contributed by atoms with Gasteiger partial charge in [0, 0.05) is 37.4 Å². The topological polar surface area (TPSA) is 71.5 Å². The summed E-state index contributed by atoms with van der Waals surface area (Å²) in [7, 11) is -2.06. The lowest BCUT2D eigenvalue weighted by molar-refractivity contribution is 0.138. The number of ether oxygens (including phenoxy) is 1. The molecular formula is C12H20BrN3O3S. The summed E-state index contributed by atoms with van der Waals surface area (Å²) >= 11 is 3.25. The van der Waals surface area contributed by atoms with Gasteiger partial charge >= 0.3 is 0 Å². The molecule has 0 radical (unpaired) electrons. The predicted molar refractivity (Wildman–Crippen MR) is 82.4 cm³/mol.